The van der Waals surface area contributed by atoms with Crippen LogP contribution in [0.25, 0.3) is 0 Å². The molecule has 0 aromatic heterocycles. The number of nitrogens with zero attached hydrogens (tertiary/aromatic N) is 2. The maximum atomic E-state index is 14.5. The van der Waals surface area contributed by atoms with Gasteiger partial charge in [0.25, 0.3) is 0 Å². The molecule has 0 radical (unpaired) electrons. The van der Waals surface area contributed by atoms with E-state index >= 15 is 0 Å². The molecule has 46 heavy (non-hydrogen) atoms. The molecule has 0 N–H and O–H groups in total. The number of para-hydroxylation sites is 1. The number of esters is 1. The standard InChI is InChI=1S/C38H52N2O6/c1-5-7-23-45-29-16-18-30(19-17-29)46-24-13-9-8-12-21-40-34-15-11-10-14-33(34)38(37(40)42)20-22-39-26-28(6-2)31(25-35(38)39)32(27-43-3)36(41)44-4/h10-11,14-19,27-28,31,35H,5-9,12-13,20-26H2,1-4H3/b32-27+/t28-,31-,35-,38+/m0/s1. The van der Waals surface area contributed by atoms with Crippen LogP contribution in [0.15, 0.2) is 60.4 Å². The molecule has 1 amide bonds. The molecule has 8 nitrogen and oxygen atoms in total. The number of piperidine rings is 1. The predicted molar refractivity (Wildman–Crippen MR) is 180 cm³/mol. The molecule has 2 fully saturated rings. The quantitative estimate of drug-likeness (QED) is 0.0861. The average molecular weight is 633 g/mol. The van der Waals surface area contributed by atoms with Gasteiger partial charge in [0.15, 0.2) is 0 Å². The van der Waals surface area contributed by atoms with Gasteiger partial charge in [0.1, 0.15) is 11.5 Å². The number of fused-ring (bicyclic) bond motifs is 4. The third-order valence-electron chi connectivity index (χ3n) is 10.3. The summed E-state index contributed by atoms with van der Waals surface area (Å²) in [6, 6.07) is 16.3. The number of anilines is 1. The molecule has 1 spiro atoms. The summed E-state index contributed by atoms with van der Waals surface area (Å²) in [6.45, 7) is 8.21. The van der Waals surface area contributed by atoms with Crippen LogP contribution in [-0.4, -0.2) is 69.9 Å². The normalized spacial score (nSPS) is 24.2. The van der Waals surface area contributed by atoms with E-state index in [1.165, 1.54) is 7.11 Å². The number of benzene rings is 2. The number of unbranched alkanes of at least 4 members (excludes halogenated alkanes) is 4. The van der Waals surface area contributed by atoms with Crippen LogP contribution in [0, 0.1) is 11.8 Å². The maximum Gasteiger partial charge on any atom is 0.337 e. The number of rotatable bonds is 16. The lowest BCUT2D eigenvalue weighted by atomic mass is 9.67. The summed E-state index contributed by atoms with van der Waals surface area (Å²) in [5.41, 5.74) is 2.18. The van der Waals surface area contributed by atoms with Crippen LogP contribution in [0.3, 0.4) is 0 Å². The molecular formula is C38H52N2O6. The Hall–Kier alpha value is -3.52. The molecule has 0 saturated carbocycles. The van der Waals surface area contributed by atoms with Gasteiger partial charge in [0, 0.05) is 24.8 Å². The zero-order valence-electron chi connectivity index (χ0n) is 28.2. The number of methoxy groups -OCH3 is 2. The number of hydrogen-bond acceptors (Lipinski definition) is 7. The molecule has 8 heteroatoms. The summed E-state index contributed by atoms with van der Waals surface area (Å²) in [5.74, 6) is 1.89. The lowest BCUT2D eigenvalue weighted by Gasteiger charge is -2.45. The summed E-state index contributed by atoms with van der Waals surface area (Å²) in [6.07, 6.45) is 10.2. The third kappa shape index (κ3) is 6.92. The highest BCUT2D eigenvalue weighted by atomic mass is 16.5. The molecule has 2 aromatic carbocycles. The predicted octanol–water partition coefficient (Wildman–Crippen LogP) is 6.91. The molecule has 0 bridgehead atoms. The Bertz CT molecular complexity index is 1340. The highest BCUT2D eigenvalue weighted by molar-refractivity contribution is 6.09. The molecule has 3 heterocycles. The first kappa shape index (κ1) is 33.8. The van der Waals surface area contributed by atoms with E-state index in [2.05, 4.69) is 36.9 Å². The molecule has 4 atom stereocenters. The number of ether oxygens (including phenoxy) is 4. The molecular weight excluding hydrogens is 580 g/mol. The van der Waals surface area contributed by atoms with Gasteiger partial charge in [-0.05, 0) is 86.4 Å². The average Bonchev–Trinajstić information content (AvgIpc) is 3.58. The van der Waals surface area contributed by atoms with Crippen molar-refractivity contribution in [3.05, 3.63) is 65.9 Å². The van der Waals surface area contributed by atoms with Crippen LogP contribution in [0.1, 0.15) is 77.2 Å². The van der Waals surface area contributed by atoms with Crippen LogP contribution in [0.2, 0.25) is 0 Å². The number of amides is 1. The van der Waals surface area contributed by atoms with Gasteiger partial charge in [-0.1, -0.05) is 57.7 Å². The minimum atomic E-state index is -0.591. The van der Waals surface area contributed by atoms with E-state index in [-0.39, 0.29) is 23.8 Å². The Morgan fingerprint density at radius 2 is 1.63 bits per heavy atom. The van der Waals surface area contributed by atoms with Crippen molar-refractivity contribution < 1.29 is 28.5 Å². The van der Waals surface area contributed by atoms with Gasteiger partial charge in [0.2, 0.25) is 5.91 Å². The van der Waals surface area contributed by atoms with Gasteiger partial charge < -0.3 is 23.8 Å². The van der Waals surface area contributed by atoms with Gasteiger partial charge in [-0.3, -0.25) is 9.69 Å². The van der Waals surface area contributed by atoms with Gasteiger partial charge in [-0.2, -0.15) is 0 Å². The number of hydrogen-bond donors (Lipinski definition) is 0. The fourth-order valence-electron chi connectivity index (χ4n) is 7.93. The highest BCUT2D eigenvalue weighted by Gasteiger charge is 2.62. The Morgan fingerprint density at radius 3 is 2.30 bits per heavy atom. The van der Waals surface area contributed by atoms with Gasteiger partial charge in [0.05, 0.1) is 44.7 Å². The van der Waals surface area contributed by atoms with Gasteiger partial charge >= 0.3 is 5.97 Å². The topological polar surface area (TPSA) is 77.5 Å². The molecule has 3 aliphatic rings. The second-order valence-electron chi connectivity index (χ2n) is 13.0. The summed E-state index contributed by atoms with van der Waals surface area (Å²) in [7, 11) is 2.99. The summed E-state index contributed by atoms with van der Waals surface area (Å²) in [5, 5.41) is 0. The SMILES string of the molecule is CCCCOc1ccc(OCCCCCCN2C(=O)[C@]3(CCN4C[C@H](CC)[C@@H](/C(=C\OC)C(=O)OC)C[C@H]43)c3ccccc32)cc1. The first-order chi connectivity index (χ1) is 22.5. The lowest BCUT2D eigenvalue weighted by molar-refractivity contribution is -0.137. The van der Waals surface area contributed by atoms with Crippen LogP contribution in [0.4, 0.5) is 5.69 Å². The van der Waals surface area contributed by atoms with E-state index in [0.29, 0.717) is 24.6 Å². The van der Waals surface area contributed by atoms with Crippen LogP contribution < -0.4 is 14.4 Å². The second-order valence-corrected chi connectivity index (χ2v) is 13.0. The van der Waals surface area contributed by atoms with Crippen molar-refractivity contribution in [2.24, 2.45) is 11.8 Å². The molecule has 3 aliphatic heterocycles. The third-order valence-corrected chi connectivity index (χ3v) is 10.3. The first-order valence-electron chi connectivity index (χ1n) is 17.3. The van der Waals surface area contributed by atoms with Crippen molar-refractivity contribution in [3.63, 3.8) is 0 Å². The monoisotopic (exact) mass is 632 g/mol. The van der Waals surface area contributed by atoms with Crippen molar-refractivity contribution in [1.29, 1.82) is 0 Å². The van der Waals surface area contributed by atoms with Crippen molar-refractivity contribution in [1.82, 2.24) is 4.90 Å². The van der Waals surface area contributed by atoms with Crippen molar-refractivity contribution in [2.75, 3.05) is 52.0 Å². The smallest absolute Gasteiger partial charge is 0.337 e. The largest absolute Gasteiger partial charge is 0.504 e. The highest BCUT2D eigenvalue weighted by Crippen LogP contribution is 2.55. The van der Waals surface area contributed by atoms with E-state index in [9.17, 15) is 9.59 Å². The maximum absolute atomic E-state index is 14.5. The Kier molecular flexibility index (Phi) is 11.7. The van der Waals surface area contributed by atoms with E-state index < -0.39 is 5.41 Å². The fourth-order valence-corrected chi connectivity index (χ4v) is 7.93. The van der Waals surface area contributed by atoms with E-state index in [0.717, 1.165) is 100 Å². The van der Waals surface area contributed by atoms with Crippen molar-refractivity contribution >= 4 is 17.6 Å². The first-order valence-corrected chi connectivity index (χ1v) is 17.3. The summed E-state index contributed by atoms with van der Waals surface area (Å²) < 4.78 is 22.2. The second kappa shape index (κ2) is 15.9. The van der Waals surface area contributed by atoms with E-state index in [1.54, 1.807) is 13.4 Å². The van der Waals surface area contributed by atoms with Crippen molar-refractivity contribution in [2.45, 2.75) is 83.1 Å². The van der Waals surface area contributed by atoms with Crippen LogP contribution in [-0.2, 0) is 24.5 Å². The minimum Gasteiger partial charge on any atom is -0.504 e. The molecule has 0 unspecified atom stereocenters. The number of carbonyl (C=O) groups excluding carboxylic acids is 2. The van der Waals surface area contributed by atoms with E-state index in [1.807, 2.05) is 35.2 Å². The minimum absolute atomic E-state index is 0.0259. The Labute approximate surface area is 275 Å². The van der Waals surface area contributed by atoms with E-state index in [4.69, 9.17) is 18.9 Å². The molecule has 2 aromatic rings. The molecule has 250 valence electrons. The molecule has 5 rings (SSSR count). The number of carbonyl (C=O) groups is 2. The lowest BCUT2D eigenvalue weighted by Crippen LogP contribution is -2.55. The zero-order valence-corrected chi connectivity index (χ0v) is 28.2. The van der Waals surface area contributed by atoms with Crippen LogP contribution in [0.5, 0.6) is 11.5 Å². The van der Waals surface area contributed by atoms with Gasteiger partial charge in [-0.15, -0.1) is 0 Å². The Balaban J connectivity index is 1.18. The summed E-state index contributed by atoms with van der Waals surface area (Å²) >= 11 is 0. The Morgan fingerprint density at radius 1 is 0.935 bits per heavy atom. The molecule has 0 aliphatic carbocycles. The van der Waals surface area contributed by atoms with Crippen LogP contribution >= 0.6 is 0 Å². The fraction of sp³-hybridized carbons (Fsp3) is 0.579. The summed E-state index contributed by atoms with van der Waals surface area (Å²) in [4.78, 5) is 32.0. The van der Waals surface area contributed by atoms with Gasteiger partial charge in [-0.25, -0.2) is 4.79 Å². The zero-order chi connectivity index (χ0) is 32.5. The molecule has 2 saturated heterocycles. The van der Waals surface area contributed by atoms with Crippen molar-refractivity contribution in [3.8, 4) is 11.5 Å².